The molecule has 1 fully saturated rings. The van der Waals surface area contributed by atoms with Crippen molar-refractivity contribution in [1.29, 1.82) is 0 Å². The highest BCUT2D eigenvalue weighted by Gasteiger charge is 2.33. The third-order valence-corrected chi connectivity index (χ3v) is 5.05. The van der Waals surface area contributed by atoms with Gasteiger partial charge in [-0.05, 0) is 37.1 Å². The summed E-state index contributed by atoms with van der Waals surface area (Å²) in [7, 11) is 1.73. The second-order valence-corrected chi connectivity index (χ2v) is 6.76. The molecule has 0 aliphatic carbocycles. The van der Waals surface area contributed by atoms with Crippen LogP contribution >= 0.6 is 0 Å². The third kappa shape index (κ3) is 3.29. The number of rotatable bonds is 2. The van der Waals surface area contributed by atoms with E-state index in [9.17, 15) is 18.0 Å². The Hall–Kier alpha value is -2.84. The molecule has 1 aliphatic heterocycles. The van der Waals surface area contributed by atoms with Crippen molar-refractivity contribution in [1.82, 2.24) is 24.6 Å². The fourth-order valence-electron chi connectivity index (χ4n) is 3.55. The number of likely N-dealkylation sites (tertiary alicyclic amines) is 1. The van der Waals surface area contributed by atoms with Crippen molar-refractivity contribution in [3.8, 4) is 0 Å². The zero-order valence-corrected chi connectivity index (χ0v) is 14.6. The van der Waals surface area contributed by atoms with Crippen molar-refractivity contribution in [2.75, 3.05) is 13.1 Å². The van der Waals surface area contributed by atoms with E-state index in [4.69, 9.17) is 0 Å². The summed E-state index contributed by atoms with van der Waals surface area (Å²) in [6.07, 6.45) is -1.39. The van der Waals surface area contributed by atoms with Crippen LogP contribution in [-0.4, -0.2) is 43.6 Å². The maximum Gasteiger partial charge on any atom is 0.433 e. The molecular weight excluding hydrogens is 359 g/mol. The quantitative estimate of drug-likeness (QED) is 0.745. The number of carbonyl (C=O) groups excluding carboxylic acids is 1. The van der Waals surface area contributed by atoms with Gasteiger partial charge < -0.3 is 9.88 Å². The number of hydrogen-bond donors (Lipinski definition) is 1. The largest absolute Gasteiger partial charge is 0.433 e. The van der Waals surface area contributed by atoms with Crippen LogP contribution in [0.2, 0.25) is 0 Å². The number of aromatic nitrogens is 4. The van der Waals surface area contributed by atoms with E-state index in [1.807, 2.05) is 0 Å². The zero-order chi connectivity index (χ0) is 19.2. The van der Waals surface area contributed by atoms with Crippen LogP contribution in [-0.2, 0) is 13.2 Å². The third-order valence-electron chi connectivity index (χ3n) is 5.05. The van der Waals surface area contributed by atoms with Gasteiger partial charge in [0.15, 0.2) is 0 Å². The molecule has 0 bridgehead atoms. The number of nitrogens with zero attached hydrogens (tertiary/aromatic N) is 4. The maximum atomic E-state index is 12.8. The summed E-state index contributed by atoms with van der Waals surface area (Å²) in [5.74, 6) is 0.103. The Morgan fingerprint density at radius 1 is 1.22 bits per heavy atom. The molecule has 6 nitrogen and oxygen atoms in total. The Labute approximate surface area is 153 Å². The van der Waals surface area contributed by atoms with Gasteiger partial charge in [0, 0.05) is 37.9 Å². The van der Waals surface area contributed by atoms with Crippen LogP contribution in [0.1, 0.15) is 40.6 Å². The van der Waals surface area contributed by atoms with Crippen molar-refractivity contribution >= 4 is 16.9 Å². The number of aromatic amines is 1. The normalized spacial score (nSPS) is 16.2. The molecule has 0 saturated carbocycles. The number of piperidine rings is 1. The molecule has 1 saturated heterocycles. The van der Waals surface area contributed by atoms with E-state index in [0.29, 0.717) is 29.8 Å². The molecular formula is C18H18F3N5O. The van der Waals surface area contributed by atoms with E-state index in [2.05, 4.69) is 15.1 Å². The Morgan fingerprint density at radius 2 is 1.96 bits per heavy atom. The molecule has 0 atom stereocenters. The van der Waals surface area contributed by atoms with Crippen molar-refractivity contribution in [3.63, 3.8) is 0 Å². The SMILES string of the molecule is Cn1nccc1C(=O)N1CCC(c2cc3nc(C(F)(F)F)ccc3[nH]2)CC1. The summed E-state index contributed by atoms with van der Waals surface area (Å²) in [6.45, 7) is 1.18. The summed E-state index contributed by atoms with van der Waals surface area (Å²) < 4.78 is 40.0. The van der Waals surface area contributed by atoms with Gasteiger partial charge in [0.05, 0.1) is 11.0 Å². The number of nitrogens with one attached hydrogen (secondary N) is 1. The van der Waals surface area contributed by atoms with Crippen LogP contribution in [0.4, 0.5) is 13.2 Å². The lowest BCUT2D eigenvalue weighted by molar-refractivity contribution is -0.140. The van der Waals surface area contributed by atoms with Gasteiger partial charge in [-0.25, -0.2) is 4.98 Å². The van der Waals surface area contributed by atoms with Crippen molar-refractivity contribution in [3.05, 3.63) is 47.5 Å². The standard InChI is InChI=1S/C18H18F3N5O/c1-25-15(4-7-22-25)17(27)26-8-5-11(6-9-26)13-10-14-12(23-13)2-3-16(24-14)18(19,20)21/h2-4,7,10-11,23H,5-6,8-9H2,1H3. The molecule has 142 valence electrons. The summed E-state index contributed by atoms with van der Waals surface area (Å²) >= 11 is 0. The number of carbonyl (C=O) groups is 1. The van der Waals surface area contributed by atoms with E-state index < -0.39 is 11.9 Å². The first-order chi connectivity index (χ1) is 12.8. The molecule has 1 amide bonds. The minimum Gasteiger partial charge on any atom is -0.357 e. The minimum absolute atomic E-state index is 0.0541. The molecule has 0 radical (unpaired) electrons. The topological polar surface area (TPSA) is 66.8 Å². The first-order valence-corrected chi connectivity index (χ1v) is 8.67. The molecule has 4 heterocycles. The van der Waals surface area contributed by atoms with E-state index in [-0.39, 0.29) is 11.8 Å². The number of fused-ring (bicyclic) bond motifs is 1. The molecule has 1 aliphatic rings. The van der Waals surface area contributed by atoms with Crippen LogP contribution in [0, 0.1) is 0 Å². The van der Waals surface area contributed by atoms with Gasteiger partial charge in [0.1, 0.15) is 11.4 Å². The number of pyridine rings is 1. The van der Waals surface area contributed by atoms with Crippen molar-refractivity contribution < 1.29 is 18.0 Å². The highest BCUT2D eigenvalue weighted by molar-refractivity contribution is 5.92. The molecule has 9 heteroatoms. The smallest absolute Gasteiger partial charge is 0.357 e. The van der Waals surface area contributed by atoms with Gasteiger partial charge in [-0.2, -0.15) is 18.3 Å². The van der Waals surface area contributed by atoms with Crippen LogP contribution in [0.25, 0.3) is 11.0 Å². The molecule has 27 heavy (non-hydrogen) atoms. The van der Waals surface area contributed by atoms with E-state index in [0.717, 1.165) is 24.6 Å². The van der Waals surface area contributed by atoms with Gasteiger partial charge >= 0.3 is 6.18 Å². The van der Waals surface area contributed by atoms with E-state index in [1.54, 1.807) is 35.0 Å². The van der Waals surface area contributed by atoms with Gasteiger partial charge in [0.2, 0.25) is 0 Å². The number of H-pyrrole nitrogens is 1. The highest BCUT2D eigenvalue weighted by atomic mass is 19.4. The number of amides is 1. The summed E-state index contributed by atoms with van der Waals surface area (Å²) in [5, 5.41) is 4.02. The number of halogens is 3. The Balaban J connectivity index is 1.48. The number of aryl methyl sites for hydroxylation is 1. The lowest BCUT2D eigenvalue weighted by Gasteiger charge is -2.31. The van der Waals surface area contributed by atoms with Crippen molar-refractivity contribution in [2.24, 2.45) is 7.05 Å². The van der Waals surface area contributed by atoms with E-state index in [1.165, 1.54) is 6.07 Å². The summed E-state index contributed by atoms with van der Waals surface area (Å²) in [5.41, 5.74) is 1.42. The van der Waals surface area contributed by atoms with Gasteiger partial charge in [-0.1, -0.05) is 0 Å². The van der Waals surface area contributed by atoms with Gasteiger partial charge in [-0.15, -0.1) is 0 Å². The minimum atomic E-state index is -4.46. The lowest BCUT2D eigenvalue weighted by Crippen LogP contribution is -2.38. The van der Waals surface area contributed by atoms with Crippen molar-refractivity contribution in [2.45, 2.75) is 24.9 Å². The van der Waals surface area contributed by atoms with Crippen LogP contribution < -0.4 is 0 Å². The van der Waals surface area contributed by atoms with E-state index >= 15 is 0 Å². The second-order valence-electron chi connectivity index (χ2n) is 6.76. The Morgan fingerprint density at radius 3 is 2.59 bits per heavy atom. The average molecular weight is 377 g/mol. The monoisotopic (exact) mass is 377 g/mol. The first-order valence-electron chi connectivity index (χ1n) is 8.67. The molecule has 3 aromatic heterocycles. The molecule has 0 aromatic carbocycles. The summed E-state index contributed by atoms with van der Waals surface area (Å²) in [6, 6.07) is 5.78. The maximum absolute atomic E-state index is 12.8. The van der Waals surface area contributed by atoms with Gasteiger partial charge in [-0.3, -0.25) is 9.48 Å². The number of alkyl halides is 3. The molecule has 0 spiro atoms. The molecule has 3 aromatic rings. The molecule has 1 N–H and O–H groups in total. The first kappa shape index (κ1) is 17.6. The predicted octanol–water partition coefficient (Wildman–Crippen LogP) is 3.34. The molecule has 0 unspecified atom stereocenters. The van der Waals surface area contributed by atoms with Crippen LogP contribution in [0.15, 0.2) is 30.5 Å². The fraction of sp³-hybridized carbons (Fsp3) is 0.389. The van der Waals surface area contributed by atoms with Gasteiger partial charge in [0.25, 0.3) is 5.91 Å². The predicted molar refractivity (Wildman–Crippen MR) is 92.2 cm³/mol. The zero-order valence-electron chi connectivity index (χ0n) is 14.6. The van der Waals surface area contributed by atoms with Crippen LogP contribution in [0.5, 0.6) is 0 Å². The molecule has 4 rings (SSSR count). The second kappa shape index (κ2) is 6.40. The number of hydrogen-bond acceptors (Lipinski definition) is 3. The summed E-state index contributed by atoms with van der Waals surface area (Å²) in [4.78, 5) is 21.2. The highest BCUT2D eigenvalue weighted by Crippen LogP contribution is 2.32. The fourth-order valence-corrected chi connectivity index (χ4v) is 3.55. The Bertz CT molecular complexity index is 982. The lowest BCUT2D eigenvalue weighted by atomic mass is 9.93. The Kier molecular flexibility index (Phi) is 4.16. The average Bonchev–Trinajstić information content (AvgIpc) is 3.25. The van der Waals surface area contributed by atoms with Crippen LogP contribution in [0.3, 0.4) is 0 Å².